The third-order valence-electron chi connectivity index (χ3n) is 2.22. The number of hydrogen-bond acceptors (Lipinski definition) is 3. The Morgan fingerprint density at radius 1 is 1.28 bits per heavy atom. The maximum atomic E-state index is 11.3. The van der Waals surface area contributed by atoms with E-state index < -0.39 is 0 Å². The lowest BCUT2D eigenvalue weighted by molar-refractivity contribution is 0.132. The lowest BCUT2D eigenvalue weighted by Gasteiger charge is -2.09. The predicted molar refractivity (Wildman–Crippen MR) is 70.6 cm³/mol. The first-order valence-corrected chi connectivity index (χ1v) is 6.24. The summed E-state index contributed by atoms with van der Waals surface area (Å²) in [7, 11) is 0. The van der Waals surface area contributed by atoms with Crippen molar-refractivity contribution in [1.29, 1.82) is 0 Å². The summed E-state index contributed by atoms with van der Waals surface area (Å²) in [5.41, 5.74) is 1.01. The molecule has 18 heavy (non-hydrogen) atoms. The molecule has 0 aliphatic carbocycles. The molecule has 4 heteroatoms. The zero-order valence-electron chi connectivity index (χ0n) is 11.2. The second kappa shape index (κ2) is 7.58. The van der Waals surface area contributed by atoms with E-state index in [-0.39, 0.29) is 6.09 Å². The van der Waals surface area contributed by atoms with Crippen molar-refractivity contribution in [3.05, 3.63) is 29.8 Å². The van der Waals surface area contributed by atoms with E-state index in [4.69, 9.17) is 9.47 Å². The van der Waals surface area contributed by atoms with Gasteiger partial charge in [-0.1, -0.05) is 26.0 Å². The van der Waals surface area contributed by atoms with Crippen molar-refractivity contribution in [2.24, 2.45) is 5.92 Å². The summed E-state index contributed by atoms with van der Waals surface area (Å²) in [5, 5.41) is 2.70. The van der Waals surface area contributed by atoms with Crippen LogP contribution in [0.4, 0.5) is 4.79 Å². The van der Waals surface area contributed by atoms with E-state index in [1.807, 2.05) is 45.0 Å². The normalized spacial score (nSPS) is 10.2. The van der Waals surface area contributed by atoms with Crippen molar-refractivity contribution in [2.75, 3.05) is 13.2 Å². The zero-order chi connectivity index (χ0) is 13.4. The van der Waals surface area contributed by atoms with Gasteiger partial charge in [0.2, 0.25) is 0 Å². The number of carbonyl (C=O) groups is 1. The predicted octanol–water partition coefficient (Wildman–Crippen LogP) is 2.97. The molecule has 100 valence electrons. The average molecular weight is 251 g/mol. The molecule has 0 radical (unpaired) electrons. The number of alkyl carbamates (subject to hydrolysis) is 1. The van der Waals surface area contributed by atoms with E-state index in [2.05, 4.69) is 5.32 Å². The Morgan fingerprint density at radius 2 is 1.94 bits per heavy atom. The van der Waals surface area contributed by atoms with E-state index >= 15 is 0 Å². The Morgan fingerprint density at radius 3 is 2.50 bits per heavy atom. The Kier molecular flexibility index (Phi) is 6.05. The van der Waals surface area contributed by atoms with Gasteiger partial charge in [-0.25, -0.2) is 4.79 Å². The van der Waals surface area contributed by atoms with Crippen LogP contribution in [0.1, 0.15) is 26.3 Å². The highest BCUT2D eigenvalue weighted by Gasteiger charge is 2.03. The Hall–Kier alpha value is -1.71. The zero-order valence-corrected chi connectivity index (χ0v) is 11.2. The van der Waals surface area contributed by atoms with Crippen LogP contribution in [0.25, 0.3) is 0 Å². The van der Waals surface area contributed by atoms with Gasteiger partial charge in [0.15, 0.2) is 0 Å². The van der Waals surface area contributed by atoms with E-state index in [0.717, 1.165) is 11.3 Å². The molecule has 4 nitrogen and oxygen atoms in total. The molecule has 1 rings (SSSR count). The second-order valence-corrected chi connectivity index (χ2v) is 4.42. The molecule has 0 atom stereocenters. The van der Waals surface area contributed by atoms with Gasteiger partial charge in [-0.3, -0.25) is 0 Å². The SMILES string of the molecule is CCOc1ccc(CNC(=O)OCC(C)C)cc1. The van der Waals surface area contributed by atoms with Crippen LogP contribution in [0.5, 0.6) is 5.75 Å². The first-order chi connectivity index (χ1) is 8.61. The van der Waals surface area contributed by atoms with Crippen molar-refractivity contribution >= 4 is 6.09 Å². The third kappa shape index (κ3) is 5.57. The number of carbonyl (C=O) groups excluding carboxylic acids is 1. The van der Waals surface area contributed by atoms with Crippen LogP contribution in [0.15, 0.2) is 24.3 Å². The molecule has 1 amide bonds. The summed E-state index contributed by atoms with van der Waals surface area (Å²) >= 11 is 0. The molecular formula is C14H21NO3. The Labute approximate surface area is 108 Å². The van der Waals surface area contributed by atoms with Gasteiger partial charge in [-0.15, -0.1) is 0 Å². The topological polar surface area (TPSA) is 47.6 Å². The van der Waals surface area contributed by atoms with E-state index in [0.29, 0.717) is 25.7 Å². The first-order valence-electron chi connectivity index (χ1n) is 6.24. The maximum Gasteiger partial charge on any atom is 0.407 e. The number of benzene rings is 1. The number of nitrogens with one attached hydrogen (secondary N) is 1. The largest absolute Gasteiger partial charge is 0.494 e. The van der Waals surface area contributed by atoms with E-state index in [9.17, 15) is 4.79 Å². The summed E-state index contributed by atoms with van der Waals surface area (Å²) in [6, 6.07) is 7.63. The molecule has 0 fully saturated rings. The van der Waals surface area contributed by atoms with Crippen LogP contribution >= 0.6 is 0 Å². The molecule has 0 aliphatic rings. The minimum absolute atomic E-state index is 0.348. The Balaban J connectivity index is 2.32. The van der Waals surface area contributed by atoms with Gasteiger partial charge in [0.05, 0.1) is 13.2 Å². The van der Waals surface area contributed by atoms with Gasteiger partial charge >= 0.3 is 6.09 Å². The molecule has 1 aromatic rings. The van der Waals surface area contributed by atoms with Gasteiger partial charge in [-0.05, 0) is 30.5 Å². The van der Waals surface area contributed by atoms with E-state index in [1.54, 1.807) is 0 Å². The molecule has 0 aromatic heterocycles. The van der Waals surface area contributed by atoms with Crippen LogP contribution in [-0.2, 0) is 11.3 Å². The summed E-state index contributed by atoms with van der Waals surface area (Å²) in [6.07, 6.45) is -0.377. The molecule has 0 bridgehead atoms. The standard InChI is InChI=1S/C14H21NO3/c1-4-17-13-7-5-12(6-8-13)9-15-14(16)18-10-11(2)3/h5-8,11H,4,9-10H2,1-3H3,(H,15,16). The monoisotopic (exact) mass is 251 g/mol. The van der Waals surface area contributed by atoms with Crippen molar-refractivity contribution in [2.45, 2.75) is 27.3 Å². The highest BCUT2D eigenvalue weighted by Crippen LogP contribution is 2.11. The number of hydrogen-bond donors (Lipinski definition) is 1. The van der Waals surface area contributed by atoms with Gasteiger partial charge in [0, 0.05) is 6.54 Å². The fourth-order valence-corrected chi connectivity index (χ4v) is 1.34. The number of rotatable bonds is 6. The smallest absolute Gasteiger partial charge is 0.407 e. The Bertz CT molecular complexity index is 360. The molecule has 0 spiro atoms. The van der Waals surface area contributed by atoms with Crippen LogP contribution in [0.2, 0.25) is 0 Å². The second-order valence-electron chi connectivity index (χ2n) is 4.42. The highest BCUT2D eigenvalue weighted by atomic mass is 16.5. The highest BCUT2D eigenvalue weighted by molar-refractivity contribution is 5.67. The fraction of sp³-hybridized carbons (Fsp3) is 0.500. The van der Waals surface area contributed by atoms with Gasteiger partial charge in [0.1, 0.15) is 5.75 Å². The summed E-state index contributed by atoms with van der Waals surface area (Å²) in [4.78, 5) is 11.3. The first kappa shape index (κ1) is 14.4. The molecular weight excluding hydrogens is 230 g/mol. The van der Waals surface area contributed by atoms with E-state index in [1.165, 1.54) is 0 Å². The van der Waals surface area contributed by atoms with Crippen molar-refractivity contribution in [1.82, 2.24) is 5.32 Å². The summed E-state index contributed by atoms with van der Waals surface area (Å²) < 4.78 is 10.4. The molecule has 1 N–H and O–H groups in total. The molecule has 0 saturated heterocycles. The molecule has 0 unspecified atom stereocenters. The van der Waals surface area contributed by atoms with Crippen LogP contribution in [-0.4, -0.2) is 19.3 Å². The maximum absolute atomic E-state index is 11.3. The van der Waals surface area contributed by atoms with Crippen LogP contribution in [0.3, 0.4) is 0 Å². The van der Waals surface area contributed by atoms with Crippen LogP contribution in [0, 0.1) is 5.92 Å². The van der Waals surface area contributed by atoms with Gasteiger partial charge < -0.3 is 14.8 Å². The lowest BCUT2D eigenvalue weighted by Crippen LogP contribution is -2.25. The van der Waals surface area contributed by atoms with Crippen molar-refractivity contribution in [3.8, 4) is 5.75 Å². The quantitative estimate of drug-likeness (QED) is 0.845. The number of amides is 1. The van der Waals surface area contributed by atoms with Gasteiger partial charge in [0.25, 0.3) is 0 Å². The van der Waals surface area contributed by atoms with Crippen molar-refractivity contribution in [3.63, 3.8) is 0 Å². The minimum atomic E-state index is -0.377. The van der Waals surface area contributed by atoms with Crippen molar-refractivity contribution < 1.29 is 14.3 Å². The fourth-order valence-electron chi connectivity index (χ4n) is 1.34. The minimum Gasteiger partial charge on any atom is -0.494 e. The third-order valence-corrected chi connectivity index (χ3v) is 2.22. The average Bonchev–Trinajstić information content (AvgIpc) is 2.36. The summed E-state index contributed by atoms with van der Waals surface area (Å²) in [6.45, 7) is 7.50. The molecule has 0 aliphatic heterocycles. The lowest BCUT2D eigenvalue weighted by atomic mass is 10.2. The molecule has 0 heterocycles. The van der Waals surface area contributed by atoms with Crippen LogP contribution < -0.4 is 10.1 Å². The summed E-state index contributed by atoms with van der Waals surface area (Å²) in [5.74, 6) is 1.19. The molecule has 1 aromatic carbocycles. The van der Waals surface area contributed by atoms with Gasteiger partial charge in [-0.2, -0.15) is 0 Å². The number of ether oxygens (including phenoxy) is 2. The molecule has 0 saturated carbocycles.